The van der Waals surface area contributed by atoms with Crippen molar-refractivity contribution in [1.82, 2.24) is 9.55 Å². The monoisotopic (exact) mass is 278 g/mol. The molecule has 1 aromatic heterocycles. The van der Waals surface area contributed by atoms with Crippen LogP contribution in [0.25, 0.3) is 10.9 Å². The topological polar surface area (TPSA) is 34.9 Å². The highest BCUT2D eigenvalue weighted by Crippen LogP contribution is 2.31. The van der Waals surface area contributed by atoms with E-state index in [1.54, 1.807) is 4.57 Å². The molecular formula is C12H11BrN2O. The molecule has 2 heterocycles. The molecule has 0 bridgehead atoms. The van der Waals surface area contributed by atoms with Crippen molar-refractivity contribution in [1.29, 1.82) is 0 Å². The highest BCUT2D eigenvalue weighted by molar-refractivity contribution is 9.09. The molecule has 0 saturated heterocycles. The molecule has 2 aromatic rings. The van der Waals surface area contributed by atoms with Crippen molar-refractivity contribution in [3.63, 3.8) is 0 Å². The fraction of sp³-hybridized carbons (Fsp3) is 0.333. The Morgan fingerprint density at radius 1 is 1.50 bits per heavy atom. The van der Waals surface area contributed by atoms with Crippen molar-refractivity contribution >= 4 is 26.8 Å². The molecule has 3 rings (SSSR count). The normalized spacial score (nSPS) is 19.0. The Morgan fingerprint density at radius 3 is 3.12 bits per heavy atom. The summed E-state index contributed by atoms with van der Waals surface area (Å²) in [6.07, 6.45) is 0.942. The number of rotatable bonds is 0. The van der Waals surface area contributed by atoms with Gasteiger partial charge in [0.1, 0.15) is 5.82 Å². The molecule has 4 heteroatoms. The maximum atomic E-state index is 12.2. The van der Waals surface area contributed by atoms with Gasteiger partial charge in [-0.05, 0) is 25.0 Å². The molecule has 0 unspecified atom stereocenters. The van der Waals surface area contributed by atoms with Crippen molar-refractivity contribution in [2.45, 2.75) is 24.7 Å². The van der Waals surface area contributed by atoms with Crippen LogP contribution in [0, 0.1) is 6.92 Å². The number of nitrogens with zero attached hydrogens (tertiary/aromatic N) is 2. The SMILES string of the molecule is Cc1cccc2c(=O)n3c(nc12)[C@@H](Br)CC3. The van der Waals surface area contributed by atoms with Crippen molar-refractivity contribution in [2.24, 2.45) is 0 Å². The second-order valence-corrected chi connectivity index (χ2v) is 5.26. The van der Waals surface area contributed by atoms with Crippen LogP contribution in [0.3, 0.4) is 0 Å². The minimum atomic E-state index is 0.0886. The van der Waals surface area contributed by atoms with E-state index in [1.807, 2.05) is 25.1 Å². The Bertz CT molecular complexity index is 633. The van der Waals surface area contributed by atoms with Crippen LogP contribution in [0.1, 0.15) is 22.6 Å². The van der Waals surface area contributed by atoms with Gasteiger partial charge in [0.15, 0.2) is 0 Å². The highest BCUT2D eigenvalue weighted by Gasteiger charge is 2.24. The van der Waals surface area contributed by atoms with Gasteiger partial charge in [0.2, 0.25) is 0 Å². The zero-order valence-corrected chi connectivity index (χ0v) is 10.5. The first kappa shape index (κ1) is 10.0. The van der Waals surface area contributed by atoms with E-state index in [9.17, 15) is 4.79 Å². The van der Waals surface area contributed by atoms with Crippen molar-refractivity contribution in [3.8, 4) is 0 Å². The Kier molecular flexibility index (Phi) is 2.14. The Hall–Kier alpha value is -1.16. The third kappa shape index (κ3) is 1.26. The van der Waals surface area contributed by atoms with E-state index in [0.717, 1.165) is 35.3 Å². The molecule has 0 N–H and O–H groups in total. The van der Waals surface area contributed by atoms with E-state index < -0.39 is 0 Å². The lowest BCUT2D eigenvalue weighted by atomic mass is 10.1. The Labute approximate surface area is 101 Å². The zero-order valence-electron chi connectivity index (χ0n) is 8.90. The number of benzene rings is 1. The summed E-state index contributed by atoms with van der Waals surface area (Å²) in [7, 11) is 0. The van der Waals surface area contributed by atoms with E-state index in [1.165, 1.54) is 0 Å². The number of hydrogen-bond donors (Lipinski definition) is 0. The van der Waals surface area contributed by atoms with Crippen LogP contribution in [0.4, 0.5) is 0 Å². The molecule has 82 valence electrons. The van der Waals surface area contributed by atoms with Crippen molar-refractivity contribution < 1.29 is 0 Å². The fourth-order valence-electron chi connectivity index (χ4n) is 2.23. The number of para-hydroxylation sites is 1. The van der Waals surface area contributed by atoms with Crippen molar-refractivity contribution in [2.75, 3.05) is 0 Å². The van der Waals surface area contributed by atoms with E-state index >= 15 is 0 Å². The van der Waals surface area contributed by atoms with E-state index in [2.05, 4.69) is 20.9 Å². The fourth-order valence-corrected chi connectivity index (χ4v) is 2.79. The van der Waals surface area contributed by atoms with Gasteiger partial charge in [0, 0.05) is 6.54 Å². The molecule has 1 aliphatic rings. The average Bonchev–Trinajstić information content (AvgIpc) is 2.63. The van der Waals surface area contributed by atoms with Gasteiger partial charge in [0.05, 0.1) is 15.7 Å². The summed E-state index contributed by atoms with van der Waals surface area (Å²) in [4.78, 5) is 17.0. The minimum Gasteiger partial charge on any atom is -0.295 e. The van der Waals surface area contributed by atoms with Crippen LogP contribution in [0.2, 0.25) is 0 Å². The van der Waals surface area contributed by atoms with Crippen molar-refractivity contribution in [3.05, 3.63) is 39.9 Å². The summed E-state index contributed by atoms with van der Waals surface area (Å²) in [5, 5.41) is 0.727. The number of alkyl halides is 1. The van der Waals surface area contributed by atoms with Crippen LogP contribution in [0.15, 0.2) is 23.0 Å². The largest absolute Gasteiger partial charge is 0.295 e. The number of aromatic nitrogens is 2. The van der Waals surface area contributed by atoms with Crippen LogP contribution >= 0.6 is 15.9 Å². The Balaban J connectivity index is 2.49. The van der Waals surface area contributed by atoms with E-state index in [0.29, 0.717) is 0 Å². The molecule has 1 aromatic carbocycles. The third-order valence-corrected chi connectivity index (χ3v) is 3.97. The number of fused-ring (bicyclic) bond motifs is 2. The quantitative estimate of drug-likeness (QED) is 0.695. The molecule has 0 amide bonds. The van der Waals surface area contributed by atoms with Gasteiger partial charge < -0.3 is 0 Å². The minimum absolute atomic E-state index is 0.0886. The summed E-state index contributed by atoms with van der Waals surface area (Å²) in [6, 6.07) is 5.75. The lowest BCUT2D eigenvalue weighted by Crippen LogP contribution is -2.21. The first-order valence-electron chi connectivity index (χ1n) is 5.32. The summed E-state index contributed by atoms with van der Waals surface area (Å²) in [5.41, 5.74) is 1.99. The summed E-state index contributed by atoms with van der Waals surface area (Å²) >= 11 is 3.56. The maximum absolute atomic E-state index is 12.2. The standard InChI is InChI=1S/C12H11BrN2O/c1-7-3-2-4-8-10(7)14-11-9(13)5-6-15(11)12(8)16/h2-4,9H,5-6H2,1H3/t9-/m0/s1. The highest BCUT2D eigenvalue weighted by atomic mass is 79.9. The first-order chi connectivity index (χ1) is 7.68. The second kappa shape index (κ2) is 3.42. The van der Waals surface area contributed by atoms with Crippen LogP contribution in [0.5, 0.6) is 0 Å². The average molecular weight is 279 g/mol. The molecule has 3 nitrogen and oxygen atoms in total. The number of halogens is 1. The van der Waals surface area contributed by atoms with Gasteiger partial charge in [0.25, 0.3) is 5.56 Å². The molecule has 16 heavy (non-hydrogen) atoms. The summed E-state index contributed by atoms with van der Waals surface area (Å²) < 4.78 is 1.78. The molecule has 1 aliphatic heterocycles. The maximum Gasteiger partial charge on any atom is 0.261 e. The van der Waals surface area contributed by atoms with Crippen LogP contribution in [-0.4, -0.2) is 9.55 Å². The molecular weight excluding hydrogens is 268 g/mol. The number of aryl methyl sites for hydroxylation is 1. The van der Waals surface area contributed by atoms with Crippen LogP contribution in [-0.2, 0) is 6.54 Å². The molecule has 1 atom stereocenters. The van der Waals surface area contributed by atoms with Gasteiger partial charge >= 0.3 is 0 Å². The molecule has 0 fully saturated rings. The van der Waals surface area contributed by atoms with E-state index in [-0.39, 0.29) is 10.4 Å². The lowest BCUT2D eigenvalue weighted by Gasteiger charge is -2.07. The second-order valence-electron chi connectivity index (χ2n) is 4.15. The predicted molar refractivity (Wildman–Crippen MR) is 67.0 cm³/mol. The van der Waals surface area contributed by atoms with Gasteiger partial charge in [-0.25, -0.2) is 4.98 Å². The van der Waals surface area contributed by atoms with E-state index in [4.69, 9.17) is 0 Å². The summed E-state index contributed by atoms with van der Waals surface area (Å²) in [5.74, 6) is 0.867. The van der Waals surface area contributed by atoms with Gasteiger partial charge in [-0.3, -0.25) is 9.36 Å². The van der Waals surface area contributed by atoms with Gasteiger partial charge in [-0.2, -0.15) is 0 Å². The smallest absolute Gasteiger partial charge is 0.261 e. The first-order valence-corrected chi connectivity index (χ1v) is 6.24. The lowest BCUT2D eigenvalue weighted by molar-refractivity contribution is 0.719. The number of hydrogen-bond acceptors (Lipinski definition) is 2. The summed E-state index contributed by atoms with van der Waals surface area (Å²) in [6.45, 7) is 2.75. The van der Waals surface area contributed by atoms with Gasteiger partial charge in [-0.1, -0.05) is 28.1 Å². The van der Waals surface area contributed by atoms with Crippen LogP contribution < -0.4 is 5.56 Å². The Morgan fingerprint density at radius 2 is 2.31 bits per heavy atom. The molecule has 0 aliphatic carbocycles. The molecule has 0 radical (unpaired) electrons. The molecule has 0 saturated carbocycles. The zero-order chi connectivity index (χ0) is 11.3. The molecule has 0 spiro atoms. The van der Waals surface area contributed by atoms with Gasteiger partial charge in [-0.15, -0.1) is 0 Å². The predicted octanol–water partition coefficient (Wildman–Crippen LogP) is 2.54. The third-order valence-electron chi connectivity index (χ3n) is 3.10.